The Morgan fingerprint density at radius 3 is 2.90 bits per heavy atom. The Kier molecular flexibility index (Phi) is 4.10. The van der Waals surface area contributed by atoms with Gasteiger partial charge in [0.05, 0.1) is 0 Å². The van der Waals surface area contributed by atoms with E-state index >= 15 is 0 Å². The van der Waals surface area contributed by atoms with Crippen molar-refractivity contribution in [3.05, 3.63) is 35.8 Å². The molecule has 0 bridgehead atoms. The van der Waals surface area contributed by atoms with Crippen molar-refractivity contribution in [2.45, 2.75) is 32.7 Å². The fourth-order valence-electron chi connectivity index (χ4n) is 2.56. The number of nitrogens with zero attached hydrogens (tertiary/aromatic N) is 3. The number of pyridine rings is 1. The summed E-state index contributed by atoms with van der Waals surface area (Å²) in [5, 5.41) is 6.99. The average molecular weight is 283 g/mol. The summed E-state index contributed by atoms with van der Waals surface area (Å²) >= 11 is 0. The molecule has 2 aromatic rings. The lowest BCUT2D eigenvalue weighted by Gasteiger charge is -2.25. The Hall–Kier alpha value is -2.01. The predicted molar refractivity (Wildman–Crippen MR) is 84.3 cm³/mol. The minimum absolute atomic E-state index is 0.438. The number of rotatable bonds is 3. The van der Waals surface area contributed by atoms with Gasteiger partial charge in [-0.3, -0.25) is 4.98 Å². The van der Waals surface area contributed by atoms with Crippen molar-refractivity contribution in [2.75, 3.05) is 18.4 Å². The van der Waals surface area contributed by atoms with Gasteiger partial charge >= 0.3 is 0 Å². The fraction of sp³-hybridized carbons (Fsp3) is 0.438. The van der Waals surface area contributed by atoms with Crippen LogP contribution >= 0.6 is 0 Å². The van der Waals surface area contributed by atoms with Crippen molar-refractivity contribution in [1.82, 2.24) is 20.3 Å². The fourth-order valence-corrected chi connectivity index (χ4v) is 2.56. The first-order valence-corrected chi connectivity index (χ1v) is 7.47. The summed E-state index contributed by atoms with van der Waals surface area (Å²) in [5.74, 6) is 1.67. The van der Waals surface area contributed by atoms with E-state index in [0.717, 1.165) is 41.6 Å². The molecule has 0 amide bonds. The van der Waals surface area contributed by atoms with Crippen LogP contribution in [-0.4, -0.2) is 34.1 Å². The average Bonchev–Trinajstić information content (AvgIpc) is 2.53. The van der Waals surface area contributed by atoms with Gasteiger partial charge in [0, 0.05) is 41.8 Å². The molecule has 1 atom stereocenters. The molecule has 2 N–H and O–H groups in total. The van der Waals surface area contributed by atoms with E-state index in [2.05, 4.69) is 27.5 Å². The lowest BCUT2D eigenvalue weighted by molar-refractivity contribution is 0.478. The second-order valence-electron chi connectivity index (χ2n) is 5.54. The van der Waals surface area contributed by atoms with Gasteiger partial charge in [0.25, 0.3) is 0 Å². The second kappa shape index (κ2) is 6.18. The maximum atomic E-state index is 4.71. The molecule has 1 saturated heterocycles. The zero-order chi connectivity index (χ0) is 14.7. The van der Waals surface area contributed by atoms with Crippen LogP contribution in [0.15, 0.2) is 24.5 Å². The molecule has 3 rings (SSSR count). The summed E-state index contributed by atoms with van der Waals surface area (Å²) in [6, 6.07) is 4.34. The van der Waals surface area contributed by atoms with Crippen molar-refractivity contribution in [3.63, 3.8) is 0 Å². The van der Waals surface area contributed by atoms with Gasteiger partial charge in [-0.05, 0) is 45.4 Å². The number of aryl methyl sites for hydroxylation is 1. The molecule has 3 heterocycles. The SMILES string of the molecule is Cc1nc(-c2cccnc2)nc(NC2CCCNC2)c1C. The van der Waals surface area contributed by atoms with Crippen LogP contribution in [0.4, 0.5) is 5.82 Å². The van der Waals surface area contributed by atoms with Crippen LogP contribution in [0.3, 0.4) is 0 Å². The van der Waals surface area contributed by atoms with Gasteiger partial charge in [0.1, 0.15) is 5.82 Å². The molecule has 0 aliphatic carbocycles. The summed E-state index contributed by atoms with van der Waals surface area (Å²) in [6.07, 6.45) is 5.95. The number of hydrogen-bond acceptors (Lipinski definition) is 5. The van der Waals surface area contributed by atoms with Crippen LogP contribution < -0.4 is 10.6 Å². The maximum absolute atomic E-state index is 4.71. The summed E-state index contributed by atoms with van der Waals surface area (Å²) in [5.41, 5.74) is 3.08. The zero-order valence-corrected chi connectivity index (χ0v) is 12.6. The molecule has 0 spiro atoms. The molecule has 5 nitrogen and oxygen atoms in total. The molecule has 110 valence electrons. The van der Waals surface area contributed by atoms with E-state index in [-0.39, 0.29) is 0 Å². The Morgan fingerprint density at radius 1 is 1.29 bits per heavy atom. The third-order valence-corrected chi connectivity index (χ3v) is 3.95. The molecule has 2 aromatic heterocycles. The molecule has 0 saturated carbocycles. The molecule has 0 aromatic carbocycles. The quantitative estimate of drug-likeness (QED) is 0.905. The van der Waals surface area contributed by atoms with Gasteiger partial charge in [-0.15, -0.1) is 0 Å². The van der Waals surface area contributed by atoms with Crippen LogP contribution in [0.25, 0.3) is 11.4 Å². The molecule has 1 unspecified atom stereocenters. The molecule has 21 heavy (non-hydrogen) atoms. The molecular formula is C16H21N5. The van der Waals surface area contributed by atoms with E-state index in [1.807, 2.05) is 19.1 Å². The van der Waals surface area contributed by atoms with Crippen molar-refractivity contribution in [2.24, 2.45) is 0 Å². The molecule has 1 aliphatic rings. The van der Waals surface area contributed by atoms with E-state index in [9.17, 15) is 0 Å². The van der Waals surface area contributed by atoms with E-state index < -0.39 is 0 Å². The summed E-state index contributed by atoms with van der Waals surface area (Å²) in [7, 11) is 0. The topological polar surface area (TPSA) is 62.7 Å². The first-order valence-electron chi connectivity index (χ1n) is 7.47. The maximum Gasteiger partial charge on any atom is 0.163 e. The third kappa shape index (κ3) is 3.19. The minimum Gasteiger partial charge on any atom is -0.366 e. The Balaban J connectivity index is 1.90. The predicted octanol–water partition coefficient (Wildman–Crippen LogP) is 2.32. The first kappa shape index (κ1) is 13.9. The standard InChI is InChI=1S/C16H21N5/c1-11-12(2)19-16(13-5-3-7-17-9-13)21-15(11)20-14-6-4-8-18-10-14/h3,5,7,9,14,18H,4,6,8,10H2,1-2H3,(H,19,20,21). The number of nitrogens with one attached hydrogen (secondary N) is 2. The summed E-state index contributed by atoms with van der Waals surface area (Å²) < 4.78 is 0. The van der Waals surface area contributed by atoms with E-state index in [1.54, 1.807) is 12.4 Å². The number of piperidine rings is 1. The highest BCUT2D eigenvalue weighted by molar-refractivity contribution is 5.58. The molecule has 1 aliphatic heterocycles. The Labute approximate surface area is 125 Å². The van der Waals surface area contributed by atoms with Crippen LogP contribution in [0, 0.1) is 13.8 Å². The van der Waals surface area contributed by atoms with Gasteiger partial charge in [-0.2, -0.15) is 0 Å². The van der Waals surface area contributed by atoms with Crippen LogP contribution in [0.5, 0.6) is 0 Å². The largest absolute Gasteiger partial charge is 0.366 e. The van der Waals surface area contributed by atoms with Gasteiger partial charge in [-0.25, -0.2) is 9.97 Å². The summed E-state index contributed by atoms with van der Waals surface area (Å²) in [4.78, 5) is 13.4. The number of anilines is 1. The van der Waals surface area contributed by atoms with Crippen LogP contribution in [0.1, 0.15) is 24.1 Å². The minimum atomic E-state index is 0.438. The smallest absolute Gasteiger partial charge is 0.163 e. The highest BCUT2D eigenvalue weighted by Crippen LogP contribution is 2.22. The number of hydrogen-bond donors (Lipinski definition) is 2. The first-order chi connectivity index (χ1) is 10.2. The van der Waals surface area contributed by atoms with Crippen molar-refractivity contribution in [1.29, 1.82) is 0 Å². The second-order valence-corrected chi connectivity index (χ2v) is 5.54. The lowest BCUT2D eigenvalue weighted by atomic mass is 10.1. The Bertz CT molecular complexity index is 606. The molecular weight excluding hydrogens is 262 g/mol. The van der Waals surface area contributed by atoms with Gasteiger partial charge in [-0.1, -0.05) is 0 Å². The third-order valence-electron chi connectivity index (χ3n) is 3.95. The highest BCUT2D eigenvalue weighted by Gasteiger charge is 2.16. The van der Waals surface area contributed by atoms with Crippen molar-refractivity contribution in [3.8, 4) is 11.4 Å². The highest BCUT2D eigenvalue weighted by atomic mass is 15.1. The van der Waals surface area contributed by atoms with Gasteiger partial charge in [0.15, 0.2) is 5.82 Å². The lowest BCUT2D eigenvalue weighted by Crippen LogP contribution is -2.38. The van der Waals surface area contributed by atoms with E-state index in [4.69, 9.17) is 4.98 Å². The van der Waals surface area contributed by atoms with Crippen molar-refractivity contribution >= 4 is 5.82 Å². The van der Waals surface area contributed by atoms with Crippen LogP contribution in [0.2, 0.25) is 0 Å². The van der Waals surface area contributed by atoms with E-state index in [1.165, 1.54) is 12.8 Å². The summed E-state index contributed by atoms with van der Waals surface area (Å²) in [6.45, 7) is 6.20. The normalized spacial score (nSPS) is 18.5. The van der Waals surface area contributed by atoms with Crippen molar-refractivity contribution < 1.29 is 0 Å². The molecule has 0 radical (unpaired) electrons. The van der Waals surface area contributed by atoms with Gasteiger partial charge < -0.3 is 10.6 Å². The van der Waals surface area contributed by atoms with Crippen LogP contribution in [-0.2, 0) is 0 Å². The Morgan fingerprint density at radius 2 is 2.19 bits per heavy atom. The van der Waals surface area contributed by atoms with Gasteiger partial charge in [0.2, 0.25) is 0 Å². The molecule has 5 heteroatoms. The number of aromatic nitrogens is 3. The molecule has 1 fully saturated rings. The monoisotopic (exact) mass is 283 g/mol. The van der Waals surface area contributed by atoms with E-state index in [0.29, 0.717) is 6.04 Å². The zero-order valence-electron chi connectivity index (χ0n) is 12.6.